The third kappa shape index (κ3) is 4.52. The van der Waals surface area contributed by atoms with E-state index >= 15 is 0 Å². The summed E-state index contributed by atoms with van der Waals surface area (Å²) < 4.78 is 27.8. The number of sulfonamides is 1. The molecule has 0 radical (unpaired) electrons. The standard InChI is InChI=1S/C11H19N3O3S/c1-8(2)17-6-5-14-11-7-9(18(13,15)16)3-4-10(11)12/h3-4,7-8,14H,5-6,12H2,1-2H3,(H2,13,15,16). The van der Waals surface area contributed by atoms with E-state index in [2.05, 4.69) is 5.32 Å². The first kappa shape index (κ1) is 14.7. The van der Waals surface area contributed by atoms with Gasteiger partial charge in [-0.1, -0.05) is 0 Å². The van der Waals surface area contributed by atoms with Crippen LogP contribution in [0.15, 0.2) is 23.1 Å². The minimum absolute atomic E-state index is 0.0315. The van der Waals surface area contributed by atoms with Crippen LogP contribution in [0.4, 0.5) is 11.4 Å². The highest BCUT2D eigenvalue weighted by molar-refractivity contribution is 7.89. The highest BCUT2D eigenvalue weighted by Crippen LogP contribution is 2.21. The second-order valence-corrected chi connectivity index (χ2v) is 5.70. The molecule has 5 N–H and O–H groups in total. The normalized spacial score (nSPS) is 11.8. The predicted molar refractivity (Wildman–Crippen MR) is 71.8 cm³/mol. The van der Waals surface area contributed by atoms with Gasteiger partial charge in [0, 0.05) is 6.54 Å². The minimum Gasteiger partial charge on any atom is -0.397 e. The second kappa shape index (κ2) is 6.03. The summed E-state index contributed by atoms with van der Waals surface area (Å²) in [6.07, 6.45) is 0.153. The molecule has 102 valence electrons. The molecule has 1 aromatic carbocycles. The molecule has 0 fully saturated rings. The quantitative estimate of drug-likeness (QED) is 0.523. The van der Waals surface area contributed by atoms with Crippen LogP contribution in [0.25, 0.3) is 0 Å². The molecule has 1 rings (SSSR count). The first-order valence-corrected chi connectivity index (χ1v) is 7.13. The summed E-state index contributed by atoms with van der Waals surface area (Å²) in [7, 11) is -3.71. The molecule has 0 spiro atoms. The van der Waals surface area contributed by atoms with E-state index in [0.717, 1.165) is 0 Å². The van der Waals surface area contributed by atoms with Crippen LogP contribution < -0.4 is 16.2 Å². The van der Waals surface area contributed by atoms with Gasteiger partial charge in [-0.3, -0.25) is 0 Å². The Labute approximate surface area is 107 Å². The second-order valence-electron chi connectivity index (χ2n) is 4.14. The Kier molecular flexibility index (Phi) is 4.94. The summed E-state index contributed by atoms with van der Waals surface area (Å²) in [6, 6.07) is 4.30. The van der Waals surface area contributed by atoms with Crippen molar-refractivity contribution < 1.29 is 13.2 Å². The molecule has 0 saturated carbocycles. The molecule has 0 atom stereocenters. The molecule has 0 heterocycles. The number of rotatable bonds is 6. The third-order valence-electron chi connectivity index (χ3n) is 2.22. The first-order chi connectivity index (χ1) is 8.30. The van der Waals surface area contributed by atoms with E-state index in [9.17, 15) is 8.42 Å². The van der Waals surface area contributed by atoms with Gasteiger partial charge in [-0.25, -0.2) is 13.6 Å². The SMILES string of the molecule is CC(C)OCCNc1cc(S(N)(=O)=O)ccc1N. The Morgan fingerprint density at radius 3 is 2.61 bits per heavy atom. The molecule has 0 amide bonds. The number of benzene rings is 1. The van der Waals surface area contributed by atoms with Crippen LogP contribution in [0.5, 0.6) is 0 Å². The molecule has 1 aromatic rings. The number of nitrogens with two attached hydrogens (primary N) is 2. The largest absolute Gasteiger partial charge is 0.397 e. The molecule has 0 bridgehead atoms. The van der Waals surface area contributed by atoms with Crippen LogP contribution in [0.2, 0.25) is 0 Å². The number of ether oxygens (including phenoxy) is 1. The average Bonchev–Trinajstić information content (AvgIpc) is 2.24. The van der Waals surface area contributed by atoms with Crippen LogP contribution in [0.3, 0.4) is 0 Å². The molecule has 7 heteroatoms. The van der Waals surface area contributed by atoms with E-state index in [1.54, 1.807) is 0 Å². The zero-order valence-electron chi connectivity index (χ0n) is 10.5. The van der Waals surface area contributed by atoms with Crippen molar-refractivity contribution in [2.24, 2.45) is 5.14 Å². The van der Waals surface area contributed by atoms with E-state index in [1.165, 1.54) is 18.2 Å². The molecule has 6 nitrogen and oxygen atoms in total. The maximum absolute atomic E-state index is 11.2. The summed E-state index contributed by atoms with van der Waals surface area (Å²) in [6.45, 7) is 4.93. The van der Waals surface area contributed by atoms with Crippen molar-refractivity contribution in [3.8, 4) is 0 Å². The Morgan fingerprint density at radius 2 is 2.06 bits per heavy atom. The zero-order valence-corrected chi connectivity index (χ0v) is 11.3. The fourth-order valence-electron chi connectivity index (χ4n) is 1.35. The smallest absolute Gasteiger partial charge is 0.238 e. The van der Waals surface area contributed by atoms with Gasteiger partial charge in [-0.15, -0.1) is 0 Å². The summed E-state index contributed by atoms with van der Waals surface area (Å²) >= 11 is 0. The Morgan fingerprint density at radius 1 is 1.39 bits per heavy atom. The molecule has 0 saturated heterocycles. The van der Waals surface area contributed by atoms with Gasteiger partial charge < -0.3 is 15.8 Å². The molecular formula is C11H19N3O3S. The van der Waals surface area contributed by atoms with Crippen molar-refractivity contribution in [3.05, 3.63) is 18.2 Å². The van der Waals surface area contributed by atoms with Gasteiger partial charge in [-0.05, 0) is 32.0 Å². The monoisotopic (exact) mass is 273 g/mol. The molecule has 0 aliphatic carbocycles. The van der Waals surface area contributed by atoms with Gasteiger partial charge >= 0.3 is 0 Å². The minimum atomic E-state index is -3.71. The zero-order chi connectivity index (χ0) is 13.8. The lowest BCUT2D eigenvalue weighted by Gasteiger charge is -2.12. The first-order valence-electron chi connectivity index (χ1n) is 5.58. The van der Waals surface area contributed by atoms with Gasteiger partial charge in [0.05, 0.1) is 29.0 Å². The van der Waals surface area contributed by atoms with Crippen molar-refractivity contribution in [3.63, 3.8) is 0 Å². The van der Waals surface area contributed by atoms with Gasteiger partial charge in [0.25, 0.3) is 0 Å². The molecular weight excluding hydrogens is 254 g/mol. The number of hydrogen-bond donors (Lipinski definition) is 3. The maximum Gasteiger partial charge on any atom is 0.238 e. The number of hydrogen-bond acceptors (Lipinski definition) is 5. The van der Waals surface area contributed by atoms with Crippen molar-refractivity contribution in [2.75, 3.05) is 24.2 Å². The Bertz CT molecular complexity index is 500. The van der Waals surface area contributed by atoms with Crippen LogP contribution >= 0.6 is 0 Å². The third-order valence-corrected chi connectivity index (χ3v) is 3.13. The maximum atomic E-state index is 11.2. The molecule has 18 heavy (non-hydrogen) atoms. The van der Waals surface area contributed by atoms with Crippen LogP contribution in [-0.4, -0.2) is 27.7 Å². The van der Waals surface area contributed by atoms with Crippen LogP contribution in [0, 0.1) is 0 Å². The van der Waals surface area contributed by atoms with Gasteiger partial charge in [0.1, 0.15) is 0 Å². The van der Waals surface area contributed by atoms with Crippen LogP contribution in [0.1, 0.15) is 13.8 Å². The topological polar surface area (TPSA) is 107 Å². The number of nitrogens with one attached hydrogen (secondary N) is 1. The van der Waals surface area contributed by atoms with Gasteiger partial charge in [-0.2, -0.15) is 0 Å². The number of nitrogen functional groups attached to an aromatic ring is 1. The van der Waals surface area contributed by atoms with E-state index in [1.807, 2.05) is 13.8 Å². The summed E-state index contributed by atoms with van der Waals surface area (Å²) in [5.41, 5.74) is 6.74. The van der Waals surface area contributed by atoms with Gasteiger partial charge in [0.15, 0.2) is 0 Å². The highest BCUT2D eigenvalue weighted by Gasteiger charge is 2.10. The van der Waals surface area contributed by atoms with Gasteiger partial charge in [0.2, 0.25) is 10.0 Å². The lowest BCUT2D eigenvalue weighted by atomic mass is 10.2. The van der Waals surface area contributed by atoms with E-state index < -0.39 is 10.0 Å². The van der Waals surface area contributed by atoms with Crippen molar-refractivity contribution >= 4 is 21.4 Å². The van der Waals surface area contributed by atoms with E-state index in [-0.39, 0.29) is 11.0 Å². The summed E-state index contributed by atoms with van der Waals surface area (Å²) in [4.78, 5) is 0.0315. The number of primary sulfonamides is 1. The Hall–Kier alpha value is -1.31. The number of anilines is 2. The van der Waals surface area contributed by atoms with E-state index in [0.29, 0.717) is 24.5 Å². The Balaban J connectivity index is 2.70. The predicted octanol–water partition coefficient (Wildman–Crippen LogP) is 0.753. The fraction of sp³-hybridized carbons (Fsp3) is 0.455. The molecule has 0 unspecified atom stereocenters. The summed E-state index contributed by atoms with van der Waals surface area (Å²) in [5.74, 6) is 0. The lowest BCUT2D eigenvalue weighted by Crippen LogP contribution is -2.15. The van der Waals surface area contributed by atoms with Crippen molar-refractivity contribution in [1.82, 2.24) is 0 Å². The van der Waals surface area contributed by atoms with Crippen molar-refractivity contribution in [1.29, 1.82) is 0 Å². The molecule has 0 aromatic heterocycles. The molecule has 0 aliphatic rings. The fourth-order valence-corrected chi connectivity index (χ4v) is 1.89. The van der Waals surface area contributed by atoms with E-state index in [4.69, 9.17) is 15.6 Å². The summed E-state index contributed by atoms with van der Waals surface area (Å²) in [5, 5.41) is 8.06. The van der Waals surface area contributed by atoms with Crippen molar-refractivity contribution in [2.45, 2.75) is 24.8 Å². The highest BCUT2D eigenvalue weighted by atomic mass is 32.2. The van der Waals surface area contributed by atoms with Crippen LogP contribution in [-0.2, 0) is 14.8 Å². The lowest BCUT2D eigenvalue weighted by molar-refractivity contribution is 0.0870. The average molecular weight is 273 g/mol. The molecule has 0 aliphatic heterocycles.